The first-order valence-electron chi connectivity index (χ1n) is 6.45. The molecule has 0 saturated carbocycles. The lowest BCUT2D eigenvalue weighted by molar-refractivity contribution is -0.137. The molecule has 4 N–H and O–H groups in total. The van der Waals surface area contributed by atoms with E-state index < -0.39 is 12.0 Å². The van der Waals surface area contributed by atoms with Crippen LogP contribution < -0.4 is 16.0 Å². The summed E-state index contributed by atoms with van der Waals surface area (Å²) in [4.78, 5) is 32.8. The molecule has 0 rings (SSSR count). The first-order valence-corrected chi connectivity index (χ1v) is 6.45. The van der Waals surface area contributed by atoms with Gasteiger partial charge in [-0.3, -0.25) is 9.59 Å². The second kappa shape index (κ2) is 10.2. The quantitative estimate of drug-likeness (QED) is 0.458. The SMILES string of the molecule is CNC(=O)C(C)NC(=O)NCCCCCCC(=O)O. The maximum Gasteiger partial charge on any atom is 0.315 e. The van der Waals surface area contributed by atoms with Gasteiger partial charge in [-0.2, -0.15) is 0 Å². The zero-order chi connectivity index (χ0) is 14.7. The second-order valence-electron chi connectivity index (χ2n) is 4.29. The molecule has 0 bridgehead atoms. The molecule has 7 heteroatoms. The monoisotopic (exact) mass is 273 g/mol. The van der Waals surface area contributed by atoms with Gasteiger partial charge < -0.3 is 21.1 Å². The highest BCUT2D eigenvalue weighted by molar-refractivity contribution is 5.86. The molecule has 0 aromatic heterocycles. The third kappa shape index (κ3) is 9.87. The van der Waals surface area contributed by atoms with Crippen LogP contribution in [0.15, 0.2) is 0 Å². The first kappa shape index (κ1) is 17.2. The highest BCUT2D eigenvalue weighted by Gasteiger charge is 2.12. The van der Waals surface area contributed by atoms with E-state index in [1.807, 2.05) is 0 Å². The lowest BCUT2D eigenvalue weighted by Crippen LogP contribution is -2.47. The molecule has 1 atom stereocenters. The Labute approximate surface area is 113 Å². The molecule has 0 fully saturated rings. The van der Waals surface area contributed by atoms with Crippen molar-refractivity contribution in [3.63, 3.8) is 0 Å². The number of carbonyl (C=O) groups is 3. The van der Waals surface area contributed by atoms with E-state index in [1.54, 1.807) is 6.92 Å². The minimum Gasteiger partial charge on any atom is -0.481 e. The Kier molecular flexibility index (Phi) is 9.20. The van der Waals surface area contributed by atoms with Crippen molar-refractivity contribution in [3.8, 4) is 0 Å². The highest BCUT2D eigenvalue weighted by atomic mass is 16.4. The molecule has 19 heavy (non-hydrogen) atoms. The molecule has 110 valence electrons. The summed E-state index contributed by atoms with van der Waals surface area (Å²) in [5, 5.41) is 16.0. The lowest BCUT2D eigenvalue weighted by atomic mass is 10.1. The molecule has 0 radical (unpaired) electrons. The molecule has 0 aliphatic carbocycles. The first-order chi connectivity index (χ1) is 8.97. The fourth-order valence-electron chi connectivity index (χ4n) is 1.49. The van der Waals surface area contributed by atoms with Crippen LogP contribution in [0.3, 0.4) is 0 Å². The largest absolute Gasteiger partial charge is 0.481 e. The van der Waals surface area contributed by atoms with E-state index in [-0.39, 0.29) is 18.4 Å². The van der Waals surface area contributed by atoms with Crippen molar-refractivity contribution in [1.82, 2.24) is 16.0 Å². The minimum absolute atomic E-state index is 0.192. The molecule has 0 spiro atoms. The summed E-state index contributed by atoms with van der Waals surface area (Å²) in [6, 6.07) is -0.942. The van der Waals surface area contributed by atoms with Crippen molar-refractivity contribution < 1.29 is 19.5 Å². The lowest BCUT2D eigenvalue weighted by Gasteiger charge is -2.13. The van der Waals surface area contributed by atoms with Crippen LogP contribution in [0.5, 0.6) is 0 Å². The number of carboxylic acids is 1. The molecule has 0 aliphatic rings. The smallest absolute Gasteiger partial charge is 0.315 e. The Morgan fingerprint density at radius 3 is 2.32 bits per heavy atom. The Hall–Kier alpha value is -1.79. The van der Waals surface area contributed by atoms with E-state index in [4.69, 9.17) is 5.11 Å². The van der Waals surface area contributed by atoms with Gasteiger partial charge in [0.25, 0.3) is 0 Å². The van der Waals surface area contributed by atoms with Gasteiger partial charge in [0.15, 0.2) is 0 Å². The maximum absolute atomic E-state index is 11.4. The number of likely N-dealkylation sites (N-methyl/N-ethyl adjacent to an activating group) is 1. The molecule has 0 aromatic carbocycles. The normalized spacial score (nSPS) is 11.5. The van der Waals surface area contributed by atoms with Gasteiger partial charge in [-0.05, 0) is 19.8 Å². The van der Waals surface area contributed by atoms with Crippen LogP contribution in [0, 0.1) is 0 Å². The van der Waals surface area contributed by atoms with Gasteiger partial charge in [-0.15, -0.1) is 0 Å². The van der Waals surface area contributed by atoms with Crippen LogP contribution in [0.2, 0.25) is 0 Å². The van der Waals surface area contributed by atoms with Crippen LogP contribution in [-0.4, -0.2) is 42.6 Å². The van der Waals surface area contributed by atoms with Crippen molar-refractivity contribution in [1.29, 1.82) is 0 Å². The van der Waals surface area contributed by atoms with E-state index in [1.165, 1.54) is 7.05 Å². The van der Waals surface area contributed by atoms with Crippen molar-refractivity contribution in [2.24, 2.45) is 0 Å². The van der Waals surface area contributed by atoms with Crippen LogP contribution in [0.4, 0.5) is 4.79 Å². The molecule has 0 heterocycles. The molecular formula is C12H23N3O4. The summed E-state index contributed by atoms with van der Waals surface area (Å²) < 4.78 is 0. The molecular weight excluding hydrogens is 250 g/mol. The standard InChI is InChI=1S/C12H23N3O4/c1-9(11(18)13-2)15-12(19)14-8-6-4-3-5-7-10(16)17/h9H,3-8H2,1-2H3,(H,13,18)(H,16,17)(H2,14,15,19). The maximum atomic E-state index is 11.4. The molecule has 1 unspecified atom stereocenters. The van der Waals surface area contributed by atoms with Gasteiger partial charge in [0.2, 0.25) is 5.91 Å². The van der Waals surface area contributed by atoms with Gasteiger partial charge in [0.05, 0.1) is 0 Å². The molecule has 7 nitrogen and oxygen atoms in total. The van der Waals surface area contributed by atoms with Gasteiger partial charge >= 0.3 is 12.0 Å². The number of amides is 3. The van der Waals surface area contributed by atoms with Crippen LogP contribution in [0.1, 0.15) is 39.0 Å². The number of carboxylic acid groups (broad SMARTS) is 1. The van der Waals surface area contributed by atoms with Crippen molar-refractivity contribution in [2.45, 2.75) is 45.1 Å². The number of carbonyl (C=O) groups excluding carboxylic acids is 2. The fourth-order valence-corrected chi connectivity index (χ4v) is 1.49. The van der Waals surface area contributed by atoms with Crippen LogP contribution in [-0.2, 0) is 9.59 Å². The van der Waals surface area contributed by atoms with E-state index >= 15 is 0 Å². The molecule has 3 amide bonds. The van der Waals surface area contributed by atoms with E-state index in [9.17, 15) is 14.4 Å². The summed E-state index contributed by atoms with van der Waals surface area (Å²) in [6.07, 6.45) is 3.36. The van der Waals surface area contributed by atoms with Crippen molar-refractivity contribution >= 4 is 17.9 Å². The van der Waals surface area contributed by atoms with Gasteiger partial charge in [-0.25, -0.2) is 4.79 Å². The molecule has 0 saturated heterocycles. The second-order valence-corrected chi connectivity index (χ2v) is 4.29. The van der Waals surface area contributed by atoms with E-state index in [0.29, 0.717) is 13.0 Å². The fraction of sp³-hybridized carbons (Fsp3) is 0.750. The summed E-state index contributed by atoms with van der Waals surface area (Å²) >= 11 is 0. The molecule has 0 aliphatic heterocycles. The topological polar surface area (TPSA) is 108 Å². The number of hydrogen-bond acceptors (Lipinski definition) is 3. The van der Waals surface area contributed by atoms with Crippen LogP contribution >= 0.6 is 0 Å². The number of nitrogens with one attached hydrogen (secondary N) is 3. The Balaban J connectivity index is 3.48. The Morgan fingerprint density at radius 1 is 1.11 bits per heavy atom. The van der Waals surface area contributed by atoms with Crippen molar-refractivity contribution in [3.05, 3.63) is 0 Å². The summed E-state index contributed by atoms with van der Waals surface area (Å²) in [5.41, 5.74) is 0. The minimum atomic E-state index is -0.777. The third-order valence-corrected chi connectivity index (χ3v) is 2.59. The van der Waals surface area contributed by atoms with Crippen LogP contribution in [0.25, 0.3) is 0 Å². The number of rotatable bonds is 9. The third-order valence-electron chi connectivity index (χ3n) is 2.59. The highest BCUT2D eigenvalue weighted by Crippen LogP contribution is 2.01. The summed E-state index contributed by atoms with van der Waals surface area (Å²) in [5.74, 6) is -1.02. The van der Waals surface area contributed by atoms with Gasteiger partial charge in [0, 0.05) is 20.0 Å². The summed E-state index contributed by atoms with van der Waals surface area (Å²) in [7, 11) is 1.51. The Morgan fingerprint density at radius 2 is 1.74 bits per heavy atom. The number of hydrogen-bond donors (Lipinski definition) is 4. The van der Waals surface area contributed by atoms with Gasteiger partial charge in [0.1, 0.15) is 6.04 Å². The van der Waals surface area contributed by atoms with Gasteiger partial charge in [-0.1, -0.05) is 12.8 Å². The number of aliphatic carboxylic acids is 1. The zero-order valence-electron chi connectivity index (χ0n) is 11.5. The average Bonchev–Trinajstić information content (AvgIpc) is 2.36. The number of unbranched alkanes of at least 4 members (excludes halogenated alkanes) is 3. The average molecular weight is 273 g/mol. The summed E-state index contributed by atoms with van der Waals surface area (Å²) in [6.45, 7) is 2.11. The zero-order valence-corrected chi connectivity index (χ0v) is 11.5. The van der Waals surface area contributed by atoms with Crippen molar-refractivity contribution in [2.75, 3.05) is 13.6 Å². The number of urea groups is 1. The van der Waals surface area contributed by atoms with E-state index in [0.717, 1.165) is 19.3 Å². The predicted molar refractivity (Wildman–Crippen MR) is 70.8 cm³/mol. The van der Waals surface area contributed by atoms with E-state index in [2.05, 4.69) is 16.0 Å². The molecule has 0 aromatic rings. The Bertz CT molecular complexity index is 307. The predicted octanol–water partition coefficient (Wildman–Crippen LogP) is 0.455.